The van der Waals surface area contributed by atoms with E-state index < -0.39 is 11.7 Å². The molecule has 0 amide bonds. The minimum atomic E-state index is -4.43. The predicted octanol–water partition coefficient (Wildman–Crippen LogP) is 3.72. The Morgan fingerprint density at radius 3 is 2.42 bits per heavy atom. The Bertz CT molecular complexity index is 612. The van der Waals surface area contributed by atoms with Gasteiger partial charge in [-0.3, -0.25) is 0 Å². The van der Waals surface area contributed by atoms with Crippen LogP contribution >= 0.6 is 0 Å². The molecule has 0 spiro atoms. The Kier molecular flexibility index (Phi) is 3.38. The molecule has 0 bridgehead atoms. The molecule has 1 aromatic carbocycles. The molecule has 0 saturated carbocycles. The van der Waals surface area contributed by atoms with E-state index in [0.717, 1.165) is 6.07 Å². The molecule has 0 atom stereocenters. The number of anilines is 2. The van der Waals surface area contributed by atoms with Gasteiger partial charge in [0, 0.05) is 6.20 Å². The fraction of sp³-hybridized carbons (Fsp3) is 0.0769. The van der Waals surface area contributed by atoms with Crippen LogP contribution in [0.25, 0.3) is 0 Å². The van der Waals surface area contributed by atoms with E-state index in [1.807, 2.05) is 6.07 Å². The van der Waals surface area contributed by atoms with Crippen LogP contribution in [0, 0.1) is 11.3 Å². The van der Waals surface area contributed by atoms with E-state index in [1.54, 1.807) is 0 Å². The van der Waals surface area contributed by atoms with Gasteiger partial charge < -0.3 is 5.32 Å². The first kappa shape index (κ1) is 12.9. The van der Waals surface area contributed by atoms with Gasteiger partial charge in [0.2, 0.25) is 0 Å². The van der Waals surface area contributed by atoms with Gasteiger partial charge in [0.05, 0.1) is 16.8 Å². The van der Waals surface area contributed by atoms with Crippen LogP contribution in [0.3, 0.4) is 0 Å². The maximum Gasteiger partial charge on any atom is 0.418 e. The zero-order chi connectivity index (χ0) is 13.9. The smallest absolute Gasteiger partial charge is 0.340 e. The van der Waals surface area contributed by atoms with Crippen molar-refractivity contribution in [2.75, 3.05) is 5.32 Å². The molecule has 96 valence electrons. The number of pyridine rings is 1. The van der Waals surface area contributed by atoms with Crippen LogP contribution in [-0.2, 0) is 6.18 Å². The predicted molar refractivity (Wildman–Crippen MR) is 63.7 cm³/mol. The molecule has 0 aliphatic carbocycles. The fourth-order valence-electron chi connectivity index (χ4n) is 1.51. The van der Waals surface area contributed by atoms with Gasteiger partial charge in [-0.25, -0.2) is 4.98 Å². The summed E-state index contributed by atoms with van der Waals surface area (Å²) in [6, 6.07) is 9.95. The molecule has 1 N–H and O–H groups in total. The summed E-state index contributed by atoms with van der Waals surface area (Å²) >= 11 is 0. The summed E-state index contributed by atoms with van der Waals surface area (Å²) in [6.45, 7) is 0. The summed E-state index contributed by atoms with van der Waals surface area (Å²) in [5.41, 5.74) is -0.497. The Labute approximate surface area is 107 Å². The first-order valence-corrected chi connectivity index (χ1v) is 5.30. The molecule has 1 aromatic heterocycles. The minimum Gasteiger partial charge on any atom is -0.340 e. The highest BCUT2D eigenvalue weighted by Gasteiger charge is 2.33. The van der Waals surface area contributed by atoms with Gasteiger partial charge in [0.25, 0.3) is 0 Å². The lowest BCUT2D eigenvalue weighted by Gasteiger charge is -2.13. The standard InChI is InChI=1S/C13H8F3N3/c14-13(15,16)10-3-1-2-4-11(10)19-12-6-5-9(7-17)8-18-12/h1-6,8H,(H,18,19). The van der Waals surface area contributed by atoms with E-state index in [1.165, 1.54) is 36.5 Å². The lowest BCUT2D eigenvalue weighted by Crippen LogP contribution is -2.08. The van der Waals surface area contributed by atoms with Gasteiger partial charge in [0.1, 0.15) is 11.9 Å². The largest absolute Gasteiger partial charge is 0.418 e. The van der Waals surface area contributed by atoms with Crippen LogP contribution in [-0.4, -0.2) is 4.98 Å². The van der Waals surface area contributed by atoms with Crippen LogP contribution in [0.5, 0.6) is 0 Å². The van der Waals surface area contributed by atoms with E-state index in [4.69, 9.17) is 5.26 Å². The molecular weight excluding hydrogens is 255 g/mol. The number of nitrogens with zero attached hydrogens (tertiary/aromatic N) is 2. The number of benzene rings is 1. The second kappa shape index (κ2) is 4.98. The van der Waals surface area contributed by atoms with Crippen molar-refractivity contribution >= 4 is 11.5 Å². The van der Waals surface area contributed by atoms with Gasteiger partial charge in [0.15, 0.2) is 0 Å². The van der Waals surface area contributed by atoms with Crippen molar-refractivity contribution in [3.05, 3.63) is 53.7 Å². The number of rotatable bonds is 2. The van der Waals surface area contributed by atoms with Crippen molar-refractivity contribution in [2.24, 2.45) is 0 Å². The molecule has 0 saturated heterocycles. The highest BCUT2D eigenvalue weighted by Crippen LogP contribution is 2.35. The van der Waals surface area contributed by atoms with Crippen LogP contribution < -0.4 is 5.32 Å². The van der Waals surface area contributed by atoms with Crippen LogP contribution in [0.2, 0.25) is 0 Å². The maximum absolute atomic E-state index is 12.8. The maximum atomic E-state index is 12.8. The molecule has 1 heterocycles. The van der Waals surface area contributed by atoms with E-state index >= 15 is 0 Å². The quantitative estimate of drug-likeness (QED) is 0.898. The number of para-hydroxylation sites is 1. The number of nitriles is 1. The van der Waals surface area contributed by atoms with Crippen molar-refractivity contribution in [1.29, 1.82) is 5.26 Å². The molecule has 0 radical (unpaired) electrons. The monoisotopic (exact) mass is 263 g/mol. The molecule has 19 heavy (non-hydrogen) atoms. The van der Waals surface area contributed by atoms with E-state index in [9.17, 15) is 13.2 Å². The summed E-state index contributed by atoms with van der Waals surface area (Å²) in [5, 5.41) is 11.2. The van der Waals surface area contributed by atoms with Crippen molar-refractivity contribution in [3.63, 3.8) is 0 Å². The molecule has 0 fully saturated rings. The van der Waals surface area contributed by atoms with Crippen molar-refractivity contribution in [3.8, 4) is 6.07 Å². The minimum absolute atomic E-state index is 0.0767. The molecule has 2 rings (SSSR count). The highest BCUT2D eigenvalue weighted by atomic mass is 19.4. The summed E-state index contributed by atoms with van der Waals surface area (Å²) in [5.74, 6) is 0.246. The molecule has 0 unspecified atom stereocenters. The molecule has 3 nitrogen and oxygen atoms in total. The van der Waals surface area contributed by atoms with Crippen molar-refractivity contribution < 1.29 is 13.2 Å². The first-order valence-electron chi connectivity index (χ1n) is 5.30. The Morgan fingerprint density at radius 2 is 1.84 bits per heavy atom. The van der Waals surface area contributed by atoms with Crippen LogP contribution in [0.4, 0.5) is 24.7 Å². The summed E-state index contributed by atoms with van der Waals surface area (Å²) in [4.78, 5) is 3.87. The van der Waals surface area contributed by atoms with E-state index in [0.29, 0.717) is 5.56 Å². The number of hydrogen-bond acceptors (Lipinski definition) is 3. The normalized spacial score (nSPS) is 10.8. The van der Waals surface area contributed by atoms with Crippen LogP contribution in [0.1, 0.15) is 11.1 Å². The van der Waals surface area contributed by atoms with Gasteiger partial charge in [-0.05, 0) is 24.3 Å². The van der Waals surface area contributed by atoms with Gasteiger partial charge in [-0.15, -0.1) is 0 Å². The van der Waals surface area contributed by atoms with E-state index in [2.05, 4.69) is 10.3 Å². The third kappa shape index (κ3) is 3.01. The number of hydrogen-bond donors (Lipinski definition) is 1. The average molecular weight is 263 g/mol. The van der Waals surface area contributed by atoms with Crippen molar-refractivity contribution in [2.45, 2.75) is 6.18 Å². The molecule has 6 heteroatoms. The third-order valence-corrected chi connectivity index (χ3v) is 2.39. The summed E-state index contributed by atoms with van der Waals surface area (Å²) in [6.07, 6.45) is -3.14. The number of halogens is 3. The summed E-state index contributed by atoms with van der Waals surface area (Å²) in [7, 11) is 0. The Balaban J connectivity index is 2.31. The zero-order valence-electron chi connectivity index (χ0n) is 9.57. The Hall–Kier alpha value is -2.55. The van der Waals surface area contributed by atoms with Gasteiger partial charge in [-0.1, -0.05) is 12.1 Å². The lowest BCUT2D eigenvalue weighted by atomic mass is 10.1. The number of alkyl halides is 3. The Morgan fingerprint density at radius 1 is 1.11 bits per heavy atom. The SMILES string of the molecule is N#Cc1ccc(Nc2ccccc2C(F)(F)F)nc1. The lowest BCUT2D eigenvalue weighted by molar-refractivity contribution is -0.136. The average Bonchev–Trinajstić information content (AvgIpc) is 2.39. The molecule has 0 aliphatic heterocycles. The number of aromatic nitrogens is 1. The van der Waals surface area contributed by atoms with Gasteiger partial charge in [-0.2, -0.15) is 18.4 Å². The highest BCUT2D eigenvalue weighted by molar-refractivity contribution is 5.61. The third-order valence-electron chi connectivity index (χ3n) is 2.39. The summed E-state index contributed by atoms with van der Waals surface area (Å²) < 4.78 is 38.3. The molecule has 2 aromatic rings. The molecular formula is C13H8F3N3. The first-order chi connectivity index (χ1) is 9.00. The second-order valence-electron chi connectivity index (χ2n) is 3.71. The number of nitrogens with one attached hydrogen (secondary N) is 1. The fourth-order valence-corrected chi connectivity index (χ4v) is 1.51. The van der Waals surface area contributed by atoms with Crippen LogP contribution in [0.15, 0.2) is 42.6 Å². The molecule has 0 aliphatic rings. The second-order valence-corrected chi connectivity index (χ2v) is 3.71. The van der Waals surface area contributed by atoms with Gasteiger partial charge >= 0.3 is 6.18 Å². The van der Waals surface area contributed by atoms with E-state index in [-0.39, 0.29) is 11.5 Å². The topological polar surface area (TPSA) is 48.7 Å². The zero-order valence-corrected chi connectivity index (χ0v) is 9.57. The van der Waals surface area contributed by atoms with Crippen molar-refractivity contribution in [1.82, 2.24) is 4.98 Å².